The summed E-state index contributed by atoms with van der Waals surface area (Å²) in [5, 5.41) is 13.5. The summed E-state index contributed by atoms with van der Waals surface area (Å²) in [5.41, 5.74) is 0.122. The second-order valence-corrected chi connectivity index (χ2v) is 4.30. The number of hydrogen-bond acceptors (Lipinski definition) is 2. The summed E-state index contributed by atoms with van der Waals surface area (Å²) in [5.74, 6) is 0. The molecule has 0 aromatic heterocycles. The van der Waals surface area contributed by atoms with E-state index in [-0.39, 0.29) is 11.6 Å². The minimum absolute atomic E-state index is 0.0773. The van der Waals surface area contributed by atoms with Gasteiger partial charge in [-0.2, -0.15) is 0 Å². The molecular weight excluding hydrogens is 150 g/mol. The summed E-state index contributed by atoms with van der Waals surface area (Å²) in [6.07, 6.45) is 8.40. The smallest absolute Gasteiger partial charge is 0.0721 e. The quantitative estimate of drug-likeness (QED) is 0.575. The van der Waals surface area contributed by atoms with E-state index in [9.17, 15) is 5.11 Å². The van der Waals surface area contributed by atoms with Crippen LogP contribution in [0.4, 0.5) is 0 Å². The van der Waals surface area contributed by atoms with Crippen molar-refractivity contribution in [2.45, 2.75) is 56.6 Å². The molecule has 0 bridgehead atoms. The van der Waals surface area contributed by atoms with Crippen LogP contribution >= 0.6 is 0 Å². The first kappa shape index (κ1) is 8.52. The van der Waals surface area contributed by atoms with Gasteiger partial charge in [-0.15, -0.1) is 0 Å². The van der Waals surface area contributed by atoms with Gasteiger partial charge in [0, 0.05) is 5.54 Å². The molecule has 1 aliphatic carbocycles. The van der Waals surface area contributed by atoms with E-state index < -0.39 is 0 Å². The average Bonchev–Trinajstić information content (AvgIpc) is 2.12. The largest absolute Gasteiger partial charge is 0.391 e. The van der Waals surface area contributed by atoms with E-state index in [1.807, 2.05) is 0 Å². The van der Waals surface area contributed by atoms with E-state index in [1.165, 1.54) is 38.5 Å². The van der Waals surface area contributed by atoms with Crippen LogP contribution < -0.4 is 5.32 Å². The summed E-state index contributed by atoms with van der Waals surface area (Å²) >= 11 is 0. The maximum absolute atomic E-state index is 9.92. The monoisotopic (exact) mass is 169 g/mol. The molecule has 2 aliphatic rings. The molecule has 1 saturated heterocycles. The molecule has 1 aliphatic heterocycles. The second kappa shape index (κ2) is 3.35. The average molecular weight is 169 g/mol. The fourth-order valence-corrected chi connectivity index (χ4v) is 2.71. The summed E-state index contributed by atoms with van der Waals surface area (Å²) < 4.78 is 0. The van der Waals surface area contributed by atoms with Crippen LogP contribution in [0.3, 0.4) is 0 Å². The molecule has 0 radical (unpaired) electrons. The third kappa shape index (κ3) is 1.38. The topological polar surface area (TPSA) is 32.3 Å². The van der Waals surface area contributed by atoms with Crippen molar-refractivity contribution in [1.29, 1.82) is 0 Å². The molecule has 2 heteroatoms. The van der Waals surface area contributed by atoms with Crippen molar-refractivity contribution >= 4 is 0 Å². The SMILES string of the molecule is O[C@H]1CCCC[C@@]12CCCCN2. The lowest BCUT2D eigenvalue weighted by atomic mass is 9.74. The number of aliphatic hydroxyl groups excluding tert-OH is 1. The number of piperidine rings is 1. The Kier molecular flexibility index (Phi) is 2.37. The van der Waals surface area contributed by atoms with E-state index in [0.29, 0.717) is 0 Å². The van der Waals surface area contributed by atoms with Crippen LogP contribution in [0.15, 0.2) is 0 Å². The predicted octanol–water partition coefficient (Wildman–Crippen LogP) is 1.43. The first-order valence-corrected chi connectivity index (χ1v) is 5.27. The molecule has 2 N–H and O–H groups in total. The molecule has 0 unspecified atom stereocenters. The number of rotatable bonds is 0. The van der Waals surface area contributed by atoms with Crippen LogP contribution in [0.5, 0.6) is 0 Å². The number of aliphatic hydroxyl groups is 1. The Labute approximate surface area is 74.4 Å². The minimum Gasteiger partial charge on any atom is -0.391 e. The minimum atomic E-state index is -0.0773. The summed E-state index contributed by atoms with van der Waals surface area (Å²) in [7, 11) is 0. The van der Waals surface area contributed by atoms with Gasteiger partial charge in [-0.3, -0.25) is 0 Å². The second-order valence-electron chi connectivity index (χ2n) is 4.30. The van der Waals surface area contributed by atoms with Crippen LogP contribution in [-0.4, -0.2) is 23.3 Å². The van der Waals surface area contributed by atoms with Crippen molar-refractivity contribution in [3.63, 3.8) is 0 Å². The zero-order chi connectivity index (χ0) is 8.44. The van der Waals surface area contributed by atoms with Gasteiger partial charge >= 0.3 is 0 Å². The van der Waals surface area contributed by atoms with Crippen molar-refractivity contribution in [2.75, 3.05) is 6.54 Å². The van der Waals surface area contributed by atoms with Crippen molar-refractivity contribution in [3.8, 4) is 0 Å². The highest BCUT2D eigenvalue weighted by molar-refractivity contribution is 4.99. The Hall–Kier alpha value is -0.0800. The standard InChI is InChI=1S/C10H19NO/c12-9-5-1-2-6-10(9)7-3-4-8-11-10/h9,11-12H,1-8H2/t9-,10+/m0/s1. The molecule has 0 aromatic carbocycles. The maximum atomic E-state index is 9.92. The highest BCUT2D eigenvalue weighted by Gasteiger charge is 2.39. The summed E-state index contributed by atoms with van der Waals surface area (Å²) in [4.78, 5) is 0. The van der Waals surface area contributed by atoms with Crippen molar-refractivity contribution in [2.24, 2.45) is 0 Å². The zero-order valence-corrected chi connectivity index (χ0v) is 7.68. The third-order valence-electron chi connectivity index (χ3n) is 3.52. The van der Waals surface area contributed by atoms with Crippen LogP contribution in [0.1, 0.15) is 44.9 Å². The molecule has 2 fully saturated rings. The van der Waals surface area contributed by atoms with Gasteiger partial charge in [0.05, 0.1) is 6.10 Å². The molecule has 1 spiro atoms. The molecule has 0 aromatic rings. The maximum Gasteiger partial charge on any atom is 0.0721 e. The van der Waals surface area contributed by atoms with Crippen molar-refractivity contribution < 1.29 is 5.11 Å². The first-order valence-electron chi connectivity index (χ1n) is 5.27. The molecule has 12 heavy (non-hydrogen) atoms. The predicted molar refractivity (Wildman–Crippen MR) is 49.1 cm³/mol. The van der Waals surface area contributed by atoms with Crippen LogP contribution in [0, 0.1) is 0 Å². The zero-order valence-electron chi connectivity index (χ0n) is 7.68. The van der Waals surface area contributed by atoms with Gasteiger partial charge in [0.2, 0.25) is 0 Å². The highest BCUT2D eigenvalue weighted by Crippen LogP contribution is 2.34. The molecule has 0 amide bonds. The highest BCUT2D eigenvalue weighted by atomic mass is 16.3. The van der Waals surface area contributed by atoms with Crippen LogP contribution in [-0.2, 0) is 0 Å². The molecule has 2 rings (SSSR count). The van der Waals surface area contributed by atoms with Crippen molar-refractivity contribution in [3.05, 3.63) is 0 Å². The fraction of sp³-hybridized carbons (Fsp3) is 1.00. The molecule has 2 nitrogen and oxygen atoms in total. The summed E-state index contributed by atoms with van der Waals surface area (Å²) in [6, 6.07) is 0. The molecule has 1 heterocycles. The van der Waals surface area contributed by atoms with Gasteiger partial charge in [0.25, 0.3) is 0 Å². The van der Waals surface area contributed by atoms with Crippen LogP contribution in [0.2, 0.25) is 0 Å². The normalized spacial score (nSPS) is 43.2. The van der Waals surface area contributed by atoms with Gasteiger partial charge in [0.1, 0.15) is 0 Å². The molecule has 70 valence electrons. The Morgan fingerprint density at radius 1 is 1.08 bits per heavy atom. The van der Waals surface area contributed by atoms with Gasteiger partial charge < -0.3 is 10.4 Å². The Morgan fingerprint density at radius 2 is 1.83 bits per heavy atom. The fourth-order valence-electron chi connectivity index (χ4n) is 2.71. The van der Waals surface area contributed by atoms with E-state index in [0.717, 1.165) is 13.0 Å². The van der Waals surface area contributed by atoms with Gasteiger partial charge in [0.15, 0.2) is 0 Å². The van der Waals surface area contributed by atoms with Crippen molar-refractivity contribution in [1.82, 2.24) is 5.32 Å². The summed E-state index contributed by atoms with van der Waals surface area (Å²) in [6.45, 7) is 1.11. The van der Waals surface area contributed by atoms with E-state index in [4.69, 9.17) is 0 Å². The van der Waals surface area contributed by atoms with E-state index in [2.05, 4.69) is 5.32 Å². The van der Waals surface area contributed by atoms with Gasteiger partial charge in [-0.25, -0.2) is 0 Å². The Balaban J connectivity index is 2.04. The van der Waals surface area contributed by atoms with E-state index in [1.54, 1.807) is 0 Å². The van der Waals surface area contributed by atoms with Gasteiger partial charge in [-0.05, 0) is 32.2 Å². The number of hydrogen-bond donors (Lipinski definition) is 2. The molecular formula is C10H19NO. The lowest BCUT2D eigenvalue weighted by Crippen LogP contribution is -2.58. The Bertz CT molecular complexity index is 144. The lowest BCUT2D eigenvalue weighted by Gasteiger charge is -2.45. The van der Waals surface area contributed by atoms with E-state index >= 15 is 0 Å². The molecule has 2 atom stereocenters. The van der Waals surface area contributed by atoms with Gasteiger partial charge in [-0.1, -0.05) is 19.3 Å². The third-order valence-corrected chi connectivity index (χ3v) is 3.52. The first-order chi connectivity index (χ1) is 5.83. The Morgan fingerprint density at radius 3 is 2.42 bits per heavy atom. The number of nitrogens with one attached hydrogen (secondary N) is 1. The lowest BCUT2D eigenvalue weighted by molar-refractivity contribution is 0.00757. The molecule has 1 saturated carbocycles. The van der Waals surface area contributed by atoms with Crippen LogP contribution in [0.25, 0.3) is 0 Å².